The Balaban J connectivity index is 1.83. The van der Waals surface area contributed by atoms with E-state index in [2.05, 4.69) is 5.32 Å². The van der Waals surface area contributed by atoms with Crippen LogP contribution in [-0.4, -0.2) is 29.1 Å². The largest absolute Gasteiger partial charge is 0.475 e. The standard InChI is InChI=1S/C12H17NO3S/c1-8-10(4-11(16-8)12(14)15)6-13-5-9-2-3-17-7-9/h4,9,13H,2-3,5-7H2,1H3,(H,14,15). The quantitative estimate of drug-likeness (QED) is 0.844. The minimum Gasteiger partial charge on any atom is -0.475 e. The summed E-state index contributed by atoms with van der Waals surface area (Å²) < 4.78 is 5.15. The lowest BCUT2D eigenvalue weighted by Gasteiger charge is -2.08. The molecule has 94 valence electrons. The van der Waals surface area contributed by atoms with Crippen LogP contribution in [0.25, 0.3) is 0 Å². The van der Waals surface area contributed by atoms with E-state index in [0.717, 1.165) is 18.0 Å². The van der Waals surface area contributed by atoms with Crippen LogP contribution >= 0.6 is 11.8 Å². The topological polar surface area (TPSA) is 62.5 Å². The third-order valence-corrected chi connectivity index (χ3v) is 4.24. The highest BCUT2D eigenvalue weighted by Gasteiger charge is 2.16. The van der Waals surface area contributed by atoms with E-state index in [1.807, 2.05) is 11.8 Å². The van der Waals surface area contributed by atoms with Gasteiger partial charge >= 0.3 is 5.97 Å². The number of nitrogens with one attached hydrogen (secondary N) is 1. The summed E-state index contributed by atoms with van der Waals surface area (Å²) >= 11 is 2.00. The van der Waals surface area contributed by atoms with E-state index >= 15 is 0 Å². The van der Waals surface area contributed by atoms with E-state index in [4.69, 9.17) is 9.52 Å². The molecule has 1 saturated heterocycles. The summed E-state index contributed by atoms with van der Waals surface area (Å²) in [7, 11) is 0. The van der Waals surface area contributed by atoms with Crippen molar-refractivity contribution < 1.29 is 14.3 Å². The molecule has 0 bridgehead atoms. The second-order valence-corrected chi connectivity index (χ2v) is 5.51. The molecular formula is C12H17NO3S. The molecule has 1 atom stereocenters. The number of rotatable bonds is 5. The highest BCUT2D eigenvalue weighted by molar-refractivity contribution is 7.99. The lowest BCUT2D eigenvalue weighted by atomic mass is 10.1. The van der Waals surface area contributed by atoms with Crippen molar-refractivity contribution in [3.63, 3.8) is 0 Å². The third kappa shape index (κ3) is 3.26. The van der Waals surface area contributed by atoms with E-state index in [1.54, 1.807) is 13.0 Å². The number of aryl methyl sites for hydroxylation is 1. The van der Waals surface area contributed by atoms with Crippen LogP contribution in [0.5, 0.6) is 0 Å². The van der Waals surface area contributed by atoms with Gasteiger partial charge in [-0.2, -0.15) is 11.8 Å². The van der Waals surface area contributed by atoms with Crippen molar-refractivity contribution in [2.75, 3.05) is 18.1 Å². The van der Waals surface area contributed by atoms with Crippen molar-refractivity contribution in [3.05, 3.63) is 23.2 Å². The number of aromatic carboxylic acids is 1. The van der Waals surface area contributed by atoms with E-state index in [0.29, 0.717) is 12.3 Å². The maximum Gasteiger partial charge on any atom is 0.371 e. The molecule has 0 radical (unpaired) electrons. The zero-order chi connectivity index (χ0) is 12.3. The molecule has 1 unspecified atom stereocenters. The molecule has 2 rings (SSSR count). The lowest BCUT2D eigenvalue weighted by molar-refractivity contribution is 0.0661. The van der Waals surface area contributed by atoms with Gasteiger partial charge in [-0.3, -0.25) is 0 Å². The minimum atomic E-state index is -1.01. The van der Waals surface area contributed by atoms with Gasteiger partial charge in [-0.15, -0.1) is 0 Å². The van der Waals surface area contributed by atoms with Crippen LogP contribution in [0.3, 0.4) is 0 Å². The molecule has 0 amide bonds. The van der Waals surface area contributed by atoms with Crippen LogP contribution in [0.1, 0.15) is 28.3 Å². The van der Waals surface area contributed by atoms with Crippen LogP contribution in [0, 0.1) is 12.8 Å². The van der Waals surface area contributed by atoms with Crippen molar-refractivity contribution in [1.82, 2.24) is 5.32 Å². The monoisotopic (exact) mass is 255 g/mol. The van der Waals surface area contributed by atoms with Gasteiger partial charge in [-0.25, -0.2) is 4.79 Å². The van der Waals surface area contributed by atoms with Gasteiger partial charge < -0.3 is 14.8 Å². The number of carboxylic acids is 1. The predicted molar refractivity (Wildman–Crippen MR) is 67.5 cm³/mol. The molecule has 4 nitrogen and oxygen atoms in total. The summed E-state index contributed by atoms with van der Waals surface area (Å²) in [6.45, 7) is 3.48. The van der Waals surface area contributed by atoms with Gasteiger partial charge in [0.15, 0.2) is 0 Å². The molecule has 1 fully saturated rings. The van der Waals surface area contributed by atoms with Crippen LogP contribution in [-0.2, 0) is 6.54 Å². The molecule has 5 heteroatoms. The summed E-state index contributed by atoms with van der Waals surface area (Å²) in [6, 6.07) is 1.61. The van der Waals surface area contributed by atoms with Gasteiger partial charge in [0, 0.05) is 12.1 Å². The number of carbonyl (C=O) groups is 1. The van der Waals surface area contributed by atoms with Gasteiger partial charge in [0.2, 0.25) is 5.76 Å². The lowest BCUT2D eigenvalue weighted by Crippen LogP contribution is -2.22. The minimum absolute atomic E-state index is 0.0238. The molecule has 1 aliphatic heterocycles. The van der Waals surface area contributed by atoms with E-state index < -0.39 is 5.97 Å². The molecule has 1 aliphatic rings. The van der Waals surface area contributed by atoms with Gasteiger partial charge in [-0.05, 0) is 43.4 Å². The Morgan fingerprint density at radius 3 is 3.12 bits per heavy atom. The van der Waals surface area contributed by atoms with Gasteiger partial charge in [-0.1, -0.05) is 0 Å². The zero-order valence-corrected chi connectivity index (χ0v) is 10.7. The molecule has 0 aliphatic carbocycles. The summed E-state index contributed by atoms with van der Waals surface area (Å²) in [6.07, 6.45) is 1.28. The summed E-state index contributed by atoms with van der Waals surface area (Å²) in [5.74, 6) is 2.96. The van der Waals surface area contributed by atoms with Gasteiger partial charge in [0.25, 0.3) is 0 Å². The fraction of sp³-hybridized carbons (Fsp3) is 0.583. The van der Waals surface area contributed by atoms with Crippen molar-refractivity contribution >= 4 is 17.7 Å². The molecule has 1 aromatic heterocycles. The molecule has 2 heterocycles. The summed E-state index contributed by atoms with van der Waals surface area (Å²) in [5.41, 5.74) is 0.938. The normalized spacial score (nSPS) is 19.7. The van der Waals surface area contributed by atoms with Crippen molar-refractivity contribution in [1.29, 1.82) is 0 Å². The van der Waals surface area contributed by atoms with Crippen LogP contribution in [0.2, 0.25) is 0 Å². The Labute approximate surface area is 105 Å². The Hall–Kier alpha value is -0.940. The molecule has 0 saturated carbocycles. The maximum atomic E-state index is 10.7. The number of carboxylic acid groups (broad SMARTS) is 1. The first-order valence-corrected chi connectivity index (χ1v) is 6.93. The van der Waals surface area contributed by atoms with Crippen LogP contribution < -0.4 is 5.32 Å². The Kier molecular flexibility index (Phi) is 4.12. The summed E-state index contributed by atoms with van der Waals surface area (Å²) in [5, 5.41) is 12.2. The fourth-order valence-electron chi connectivity index (χ4n) is 1.96. The third-order valence-electron chi connectivity index (χ3n) is 3.00. The number of thioether (sulfide) groups is 1. The van der Waals surface area contributed by atoms with E-state index in [9.17, 15) is 4.79 Å². The van der Waals surface area contributed by atoms with E-state index in [1.165, 1.54) is 17.9 Å². The first kappa shape index (κ1) is 12.5. The zero-order valence-electron chi connectivity index (χ0n) is 9.86. The smallest absolute Gasteiger partial charge is 0.371 e. The van der Waals surface area contributed by atoms with Gasteiger partial charge in [0.05, 0.1) is 0 Å². The highest BCUT2D eigenvalue weighted by Crippen LogP contribution is 2.22. The molecule has 1 aromatic rings. The molecule has 17 heavy (non-hydrogen) atoms. The molecule has 2 N–H and O–H groups in total. The second-order valence-electron chi connectivity index (χ2n) is 4.36. The molecule has 0 spiro atoms. The number of furan rings is 1. The fourth-order valence-corrected chi connectivity index (χ4v) is 3.24. The van der Waals surface area contributed by atoms with Crippen LogP contribution in [0.4, 0.5) is 0 Å². The Morgan fingerprint density at radius 1 is 1.71 bits per heavy atom. The van der Waals surface area contributed by atoms with Crippen molar-refractivity contribution in [3.8, 4) is 0 Å². The Bertz CT molecular complexity index is 396. The van der Waals surface area contributed by atoms with Crippen molar-refractivity contribution in [2.24, 2.45) is 5.92 Å². The highest BCUT2D eigenvalue weighted by atomic mass is 32.2. The summed E-state index contributed by atoms with van der Waals surface area (Å²) in [4.78, 5) is 10.7. The molecule has 0 aromatic carbocycles. The number of hydrogen-bond acceptors (Lipinski definition) is 4. The van der Waals surface area contributed by atoms with Crippen LogP contribution in [0.15, 0.2) is 10.5 Å². The predicted octanol–water partition coefficient (Wildman–Crippen LogP) is 2.13. The maximum absolute atomic E-state index is 10.7. The first-order valence-electron chi connectivity index (χ1n) is 5.78. The SMILES string of the molecule is Cc1oc(C(=O)O)cc1CNCC1CCSC1. The average molecular weight is 255 g/mol. The number of hydrogen-bond donors (Lipinski definition) is 2. The van der Waals surface area contributed by atoms with Gasteiger partial charge in [0.1, 0.15) is 5.76 Å². The van der Waals surface area contributed by atoms with Crippen molar-refractivity contribution in [2.45, 2.75) is 19.9 Å². The van der Waals surface area contributed by atoms with E-state index in [-0.39, 0.29) is 5.76 Å². The molecular weight excluding hydrogens is 238 g/mol. The second kappa shape index (κ2) is 5.60. The first-order chi connectivity index (χ1) is 8.16. The Morgan fingerprint density at radius 2 is 2.53 bits per heavy atom. The average Bonchev–Trinajstić information content (AvgIpc) is 2.89.